The van der Waals surface area contributed by atoms with Gasteiger partial charge < -0.3 is 16.6 Å². The van der Waals surface area contributed by atoms with Gasteiger partial charge in [-0.1, -0.05) is 11.6 Å². The largest absolute Gasteiger partial charge is 0.416 e. The molecule has 7 heteroatoms. The van der Waals surface area contributed by atoms with Gasteiger partial charge in [-0.15, -0.1) is 0 Å². The molecule has 0 unspecified atom stereocenters. The molecular formula is C9H10ClF3N2O. The van der Waals surface area contributed by atoms with Crippen LogP contribution in [0.3, 0.4) is 0 Å². The Morgan fingerprint density at radius 3 is 2.38 bits per heavy atom. The van der Waals surface area contributed by atoms with E-state index in [-0.39, 0.29) is 16.3 Å². The molecule has 0 radical (unpaired) electrons. The summed E-state index contributed by atoms with van der Waals surface area (Å²) in [6.07, 6.45) is -7.47. The number of benzene rings is 1. The quantitative estimate of drug-likeness (QED) is 0.705. The van der Waals surface area contributed by atoms with Gasteiger partial charge in [0.15, 0.2) is 6.10 Å². The molecule has 0 aliphatic heterocycles. The Balaban J connectivity index is 3.05. The topological polar surface area (TPSA) is 72.3 Å². The van der Waals surface area contributed by atoms with Gasteiger partial charge in [-0.2, -0.15) is 13.2 Å². The Kier molecular flexibility index (Phi) is 3.67. The van der Waals surface area contributed by atoms with Gasteiger partial charge in [-0.3, -0.25) is 0 Å². The number of aliphatic hydroxyl groups excluding tert-OH is 1. The Morgan fingerprint density at radius 2 is 1.88 bits per heavy atom. The van der Waals surface area contributed by atoms with Crippen LogP contribution in [-0.2, 0) is 0 Å². The molecule has 3 nitrogen and oxygen atoms in total. The Bertz CT molecular complexity index is 384. The fraction of sp³-hybridized carbons (Fsp3) is 0.333. The lowest BCUT2D eigenvalue weighted by molar-refractivity contribution is -0.210. The van der Waals surface area contributed by atoms with E-state index in [9.17, 15) is 13.2 Å². The predicted octanol–water partition coefficient (Wildman–Crippen LogP) is 1.85. The summed E-state index contributed by atoms with van der Waals surface area (Å²) in [5.74, 6) is 0. The van der Waals surface area contributed by atoms with Gasteiger partial charge in [0.25, 0.3) is 0 Å². The molecule has 2 atom stereocenters. The van der Waals surface area contributed by atoms with Crippen molar-refractivity contribution in [2.75, 3.05) is 5.73 Å². The van der Waals surface area contributed by atoms with Crippen LogP contribution in [0, 0.1) is 0 Å². The minimum Gasteiger partial charge on any atom is -0.398 e. The Hall–Kier alpha value is -0.980. The molecule has 0 fully saturated rings. The first-order valence-corrected chi connectivity index (χ1v) is 4.66. The van der Waals surface area contributed by atoms with Crippen LogP contribution in [-0.4, -0.2) is 17.4 Å². The molecule has 0 aliphatic rings. The number of aliphatic hydroxyl groups is 1. The van der Waals surface area contributed by atoms with Crippen molar-refractivity contribution in [3.05, 3.63) is 28.8 Å². The summed E-state index contributed by atoms with van der Waals surface area (Å²) < 4.78 is 36.6. The van der Waals surface area contributed by atoms with Crippen molar-refractivity contribution in [3.63, 3.8) is 0 Å². The molecule has 1 aromatic carbocycles. The fourth-order valence-electron chi connectivity index (χ4n) is 1.21. The molecule has 0 bridgehead atoms. The van der Waals surface area contributed by atoms with Crippen molar-refractivity contribution in [1.82, 2.24) is 0 Å². The highest BCUT2D eigenvalue weighted by Gasteiger charge is 2.43. The number of nitrogens with two attached hydrogens (primary N) is 2. The predicted molar refractivity (Wildman–Crippen MR) is 54.9 cm³/mol. The van der Waals surface area contributed by atoms with Crippen molar-refractivity contribution in [1.29, 1.82) is 0 Å². The summed E-state index contributed by atoms with van der Waals surface area (Å²) in [6.45, 7) is 0. The summed E-state index contributed by atoms with van der Waals surface area (Å²) in [7, 11) is 0. The summed E-state index contributed by atoms with van der Waals surface area (Å²) in [6, 6.07) is 2.31. The van der Waals surface area contributed by atoms with E-state index in [1.165, 1.54) is 18.2 Å². The standard InChI is InChI=1S/C9H10ClF3N2O/c10-4-1-2-6(14)5(3-4)7(15)8(16)9(11,12)13/h1-3,7-8,16H,14-15H2/t7-,8-/m0/s1. The zero-order valence-corrected chi connectivity index (χ0v) is 8.76. The molecule has 1 rings (SSSR count). The van der Waals surface area contributed by atoms with Crippen LogP contribution >= 0.6 is 11.6 Å². The first-order valence-electron chi connectivity index (χ1n) is 4.28. The maximum absolute atomic E-state index is 12.2. The number of halogens is 4. The molecule has 5 N–H and O–H groups in total. The molecular weight excluding hydrogens is 245 g/mol. The normalized spacial score (nSPS) is 15.9. The van der Waals surface area contributed by atoms with E-state index >= 15 is 0 Å². The number of hydrogen-bond donors (Lipinski definition) is 3. The number of nitrogen functional groups attached to an aromatic ring is 1. The van der Waals surface area contributed by atoms with E-state index in [1.54, 1.807) is 0 Å². The Morgan fingerprint density at radius 1 is 1.31 bits per heavy atom. The molecule has 0 amide bonds. The Labute approximate surface area is 94.8 Å². The van der Waals surface area contributed by atoms with Crippen LogP contribution in [0.5, 0.6) is 0 Å². The van der Waals surface area contributed by atoms with E-state index in [0.29, 0.717) is 0 Å². The summed E-state index contributed by atoms with van der Waals surface area (Å²) in [5.41, 5.74) is 10.8. The highest BCUT2D eigenvalue weighted by Crippen LogP contribution is 2.32. The third-order valence-electron chi connectivity index (χ3n) is 2.08. The number of anilines is 1. The van der Waals surface area contributed by atoms with Gasteiger partial charge in [0.05, 0.1) is 6.04 Å². The van der Waals surface area contributed by atoms with E-state index in [4.69, 9.17) is 28.2 Å². The van der Waals surface area contributed by atoms with Gasteiger partial charge in [0.2, 0.25) is 0 Å². The monoisotopic (exact) mass is 254 g/mol. The zero-order valence-electron chi connectivity index (χ0n) is 8.00. The highest BCUT2D eigenvalue weighted by molar-refractivity contribution is 6.30. The van der Waals surface area contributed by atoms with Crippen LogP contribution in [0.4, 0.5) is 18.9 Å². The lowest BCUT2D eigenvalue weighted by Crippen LogP contribution is -2.39. The molecule has 90 valence electrons. The number of hydrogen-bond acceptors (Lipinski definition) is 3. The van der Waals surface area contributed by atoms with Gasteiger partial charge in [0, 0.05) is 10.7 Å². The molecule has 0 aliphatic carbocycles. The second-order valence-electron chi connectivity index (χ2n) is 3.29. The van der Waals surface area contributed by atoms with Crippen LogP contribution in [0.15, 0.2) is 18.2 Å². The minimum atomic E-state index is -4.80. The maximum atomic E-state index is 12.2. The molecule has 0 spiro atoms. The fourth-order valence-corrected chi connectivity index (χ4v) is 1.39. The number of alkyl halides is 3. The van der Waals surface area contributed by atoms with Gasteiger partial charge in [0.1, 0.15) is 0 Å². The molecule has 16 heavy (non-hydrogen) atoms. The van der Waals surface area contributed by atoms with Gasteiger partial charge >= 0.3 is 6.18 Å². The molecule has 0 heterocycles. The SMILES string of the molecule is Nc1ccc(Cl)cc1[C@H](N)[C@H](O)C(F)(F)F. The van der Waals surface area contributed by atoms with Gasteiger partial charge in [-0.05, 0) is 23.8 Å². The first kappa shape index (κ1) is 13.1. The average molecular weight is 255 g/mol. The smallest absolute Gasteiger partial charge is 0.398 e. The lowest BCUT2D eigenvalue weighted by Gasteiger charge is -2.22. The summed E-state index contributed by atoms with van der Waals surface area (Å²) >= 11 is 5.61. The summed E-state index contributed by atoms with van der Waals surface area (Å²) in [4.78, 5) is 0. The van der Waals surface area contributed by atoms with E-state index < -0.39 is 18.3 Å². The molecule has 0 saturated heterocycles. The van der Waals surface area contributed by atoms with Crippen molar-refractivity contribution >= 4 is 17.3 Å². The highest BCUT2D eigenvalue weighted by atomic mass is 35.5. The number of rotatable bonds is 2. The third-order valence-corrected chi connectivity index (χ3v) is 2.32. The summed E-state index contributed by atoms with van der Waals surface area (Å²) in [5, 5.41) is 9.18. The molecule has 0 saturated carbocycles. The van der Waals surface area contributed by atoms with E-state index in [2.05, 4.69) is 0 Å². The van der Waals surface area contributed by atoms with Crippen molar-refractivity contribution < 1.29 is 18.3 Å². The van der Waals surface area contributed by atoms with Crippen molar-refractivity contribution in [3.8, 4) is 0 Å². The van der Waals surface area contributed by atoms with Crippen LogP contribution in [0.25, 0.3) is 0 Å². The van der Waals surface area contributed by atoms with Crippen molar-refractivity contribution in [2.24, 2.45) is 5.73 Å². The maximum Gasteiger partial charge on any atom is 0.416 e. The zero-order chi connectivity index (χ0) is 12.5. The lowest BCUT2D eigenvalue weighted by atomic mass is 10.0. The van der Waals surface area contributed by atoms with Crippen LogP contribution < -0.4 is 11.5 Å². The van der Waals surface area contributed by atoms with E-state index in [0.717, 1.165) is 0 Å². The molecule has 1 aromatic rings. The third kappa shape index (κ3) is 2.78. The van der Waals surface area contributed by atoms with Crippen LogP contribution in [0.1, 0.15) is 11.6 Å². The minimum absolute atomic E-state index is 0.0303. The molecule has 0 aromatic heterocycles. The first-order chi connectivity index (χ1) is 7.23. The van der Waals surface area contributed by atoms with E-state index in [1.807, 2.05) is 0 Å². The average Bonchev–Trinajstić information content (AvgIpc) is 2.18. The van der Waals surface area contributed by atoms with Crippen LogP contribution in [0.2, 0.25) is 5.02 Å². The van der Waals surface area contributed by atoms with Gasteiger partial charge in [-0.25, -0.2) is 0 Å². The second kappa shape index (κ2) is 4.48. The second-order valence-corrected chi connectivity index (χ2v) is 3.72. The van der Waals surface area contributed by atoms with Crippen molar-refractivity contribution in [2.45, 2.75) is 18.3 Å².